The zero-order chi connectivity index (χ0) is 11.4. The van der Waals surface area contributed by atoms with Gasteiger partial charge in [-0.1, -0.05) is 0 Å². The average Bonchev–Trinajstić information content (AvgIpc) is 2.18. The Morgan fingerprint density at radius 2 is 2.20 bits per heavy atom. The minimum Gasteiger partial charge on any atom is -0.376 e. The lowest BCUT2D eigenvalue weighted by Gasteiger charge is -2.12. The van der Waals surface area contributed by atoms with Crippen LogP contribution in [0.5, 0.6) is 0 Å². The van der Waals surface area contributed by atoms with Crippen molar-refractivity contribution in [3.05, 3.63) is 18.3 Å². The third kappa shape index (κ3) is 3.21. The largest absolute Gasteiger partial charge is 0.376 e. The molecule has 82 valence electrons. The van der Waals surface area contributed by atoms with Crippen molar-refractivity contribution in [3.8, 4) is 0 Å². The lowest BCUT2D eigenvalue weighted by atomic mass is 10.3. The number of carbonyl (C=O) groups is 1. The zero-order valence-electron chi connectivity index (χ0n) is 9.19. The van der Waals surface area contributed by atoms with Crippen LogP contribution in [0.25, 0.3) is 0 Å². The smallest absolute Gasteiger partial charge is 0.242 e. The Morgan fingerprint density at radius 1 is 1.53 bits per heavy atom. The Labute approximate surface area is 89.3 Å². The minimum atomic E-state index is -0.527. The van der Waals surface area contributed by atoms with Crippen LogP contribution in [0.4, 0.5) is 11.5 Å². The third-order valence-corrected chi connectivity index (χ3v) is 1.93. The lowest BCUT2D eigenvalue weighted by Crippen LogP contribution is -2.32. The van der Waals surface area contributed by atoms with Crippen molar-refractivity contribution in [2.45, 2.75) is 13.0 Å². The van der Waals surface area contributed by atoms with Gasteiger partial charge in [0.1, 0.15) is 5.82 Å². The summed E-state index contributed by atoms with van der Waals surface area (Å²) in [6.07, 6.45) is 1.69. The standard InChI is InChI=1S/C10H16N4O/c1-7(11)10(15)13-9-5-4-8(6-12-9)14(2)3/h4-7H,11H2,1-3H3,(H,12,13,15). The van der Waals surface area contributed by atoms with E-state index in [2.05, 4.69) is 10.3 Å². The summed E-state index contributed by atoms with van der Waals surface area (Å²) in [4.78, 5) is 17.3. The molecule has 5 nitrogen and oxygen atoms in total. The van der Waals surface area contributed by atoms with Crippen molar-refractivity contribution in [2.75, 3.05) is 24.3 Å². The molecule has 1 unspecified atom stereocenters. The Bertz CT molecular complexity index is 332. The number of nitrogens with one attached hydrogen (secondary N) is 1. The number of nitrogens with zero attached hydrogens (tertiary/aromatic N) is 2. The van der Waals surface area contributed by atoms with E-state index in [1.807, 2.05) is 25.1 Å². The summed E-state index contributed by atoms with van der Waals surface area (Å²) in [5, 5.41) is 2.61. The van der Waals surface area contributed by atoms with E-state index in [-0.39, 0.29) is 5.91 Å². The molecule has 0 saturated carbocycles. The van der Waals surface area contributed by atoms with Crippen LogP contribution in [-0.2, 0) is 4.79 Å². The first-order chi connectivity index (χ1) is 7.00. The second-order valence-electron chi connectivity index (χ2n) is 3.57. The van der Waals surface area contributed by atoms with E-state index in [9.17, 15) is 4.79 Å². The highest BCUT2D eigenvalue weighted by atomic mass is 16.2. The van der Waals surface area contributed by atoms with Gasteiger partial charge in [-0.15, -0.1) is 0 Å². The molecule has 0 aliphatic heterocycles. The van der Waals surface area contributed by atoms with Crippen LogP contribution in [0.3, 0.4) is 0 Å². The van der Waals surface area contributed by atoms with Gasteiger partial charge in [0, 0.05) is 14.1 Å². The summed E-state index contributed by atoms with van der Waals surface area (Å²) in [7, 11) is 3.86. The SMILES string of the molecule is CC(N)C(=O)Nc1ccc(N(C)C)cn1. The number of hydrogen-bond acceptors (Lipinski definition) is 4. The molecule has 1 aromatic heterocycles. The Hall–Kier alpha value is -1.62. The third-order valence-electron chi connectivity index (χ3n) is 1.93. The summed E-state index contributed by atoms with van der Waals surface area (Å²) in [6, 6.07) is 3.10. The molecule has 3 N–H and O–H groups in total. The van der Waals surface area contributed by atoms with Crippen LogP contribution in [0.1, 0.15) is 6.92 Å². The molecule has 0 spiro atoms. The van der Waals surface area contributed by atoms with Crippen molar-refractivity contribution in [1.82, 2.24) is 4.98 Å². The summed E-state index contributed by atoms with van der Waals surface area (Å²) in [6.45, 7) is 1.63. The molecule has 0 bridgehead atoms. The Kier molecular flexibility index (Phi) is 3.62. The van der Waals surface area contributed by atoms with Gasteiger partial charge in [-0.3, -0.25) is 4.79 Å². The highest BCUT2D eigenvalue weighted by molar-refractivity contribution is 5.93. The predicted molar refractivity (Wildman–Crippen MR) is 60.8 cm³/mol. The topological polar surface area (TPSA) is 71.2 Å². The summed E-state index contributed by atoms with van der Waals surface area (Å²) < 4.78 is 0. The number of hydrogen-bond donors (Lipinski definition) is 2. The maximum Gasteiger partial charge on any atom is 0.242 e. The second-order valence-corrected chi connectivity index (χ2v) is 3.57. The summed E-state index contributed by atoms with van der Waals surface area (Å²) in [5.74, 6) is 0.281. The van der Waals surface area contributed by atoms with Crippen LogP contribution < -0.4 is 16.0 Å². The van der Waals surface area contributed by atoms with E-state index < -0.39 is 6.04 Å². The van der Waals surface area contributed by atoms with Crippen LogP contribution in [0, 0.1) is 0 Å². The molecule has 1 rings (SSSR count). The van der Waals surface area contributed by atoms with Gasteiger partial charge >= 0.3 is 0 Å². The molecule has 0 aliphatic rings. The highest BCUT2D eigenvalue weighted by Gasteiger charge is 2.07. The van der Waals surface area contributed by atoms with Crippen molar-refractivity contribution in [3.63, 3.8) is 0 Å². The second kappa shape index (κ2) is 4.75. The van der Waals surface area contributed by atoms with Gasteiger partial charge in [0.2, 0.25) is 5.91 Å². The number of carbonyl (C=O) groups excluding carboxylic acids is 1. The van der Waals surface area contributed by atoms with Crippen molar-refractivity contribution in [2.24, 2.45) is 5.73 Å². The number of pyridine rings is 1. The molecule has 0 aliphatic carbocycles. The molecule has 0 saturated heterocycles. The quantitative estimate of drug-likeness (QED) is 0.755. The molecule has 0 radical (unpaired) electrons. The molecule has 1 atom stereocenters. The van der Waals surface area contributed by atoms with Gasteiger partial charge in [0.15, 0.2) is 0 Å². The lowest BCUT2D eigenvalue weighted by molar-refractivity contribution is -0.117. The van der Waals surface area contributed by atoms with Gasteiger partial charge < -0.3 is 16.0 Å². The van der Waals surface area contributed by atoms with Gasteiger partial charge in [-0.2, -0.15) is 0 Å². The first kappa shape index (κ1) is 11.5. The molecular weight excluding hydrogens is 192 g/mol. The van der Waals surface area contributed by atoms with Crippen LogP contribution >= 0.6 is 0 Å². The highest BCUT2D eigenvalue weighted by Crippen LogP contribution is 2.11. The fraction of sp³-hybridized carbons (Fsp3) is 0.400. The number of nitrogens with two attached hydrogens (primary N) is 1. The molecule has 5 heteroatoms. The minimum absolute atomic E-state index is 0.236. The van der Waals surface area contributed by atoms with E-state index in [1.165, 1.54) is 0 Å². The molecule has 15 heavy (non-hydrogen) atoms. The van der Waals surface area contributed by atoms with Gasteiger partial charge in [0.05, 0.1) is 17.9 Å². The Morgan fingerprint density at radius 3 is 2.60 bits per heavy atom. The van der Waals surface area contributed by atoms with Crippen molar-refractivity contribution >= 4 is 17.4 Å². The summed E-state index contributed by atoms with van der Waals surface area (Å²) >= 11 is 0. The van der Waals surface area contributed by atoms with Crippen LogP contribution in [0.15, 0.2) is 18.3 Å². The maximum atomic E-state index is 11.2. The monoisotopic (exact) mass is 208 g/mol. The maximum absolute atomic E-state index is 11.2. The molecule has 1 amide bonds. The first-order valence-electron chi connectivity index (χ1n) is 4.70. The Balaban J connectivity index is 2.69. The van der Waals surface area contributed by atoms with Gasteiger partial charge in [-0.25, -0.2) is 4.98 Å². The van der Waals surface area contributed by atoms with E-state index >= 15 is 0 Å². The molecule has 0 fully saturated rings. The fourth-order valence-corrected chi connectivity index (χ4v) is 0.965. The van der Waals surface area contributed by atoms with Crippen LogP contribution in [0.2, 0.25) is 0 Å². The number of aromatic nitrogens is 1. The normalized spacial score (nSPS) is 12.0. The van der Waals surface area contributed by atoms with E-state index in [1.54, 1.807) is 19.2 Å². The first-order valence-corrected chi connectivity index (χ1v) is 4.70. The van der Waals surface area contributed by atoms with Gasteiger partial charge in [0.25, 0.3) is 0 Å². The molecule has 1 heterocycles. The number of rotatable bonds is 3. The van der Waals surface area contributed by atoms with Gasteiger partial charge in [-0.05, 0) is 19.1 Å². The zero-order valence-corrected chi connectivity index (χ0v) is 9.19. The molecule has 0 aromatic carbocycles. The summed E-state index contributed by atoms with van der Waals surface area (Å²) in [5.41, 5.74) is 6.39. The molecular formula is C10H16N4O. The fourth-order valence-electron chi connectivity index (χ4n) is 0.965. The number of anilines is 2. The van der Waals surface area contributed by atoms with Crippen LogP contribution in [-0.4, -0.2) is 31.0 Å². The van der Waals surface area contributed by atoms with Crippen molar-refractivity contribution < 1.29 is 4.79 Å². The average molecular weight is 208 g/mol. The van der Waals surface area contributed by atoms with E-state index in [0.29, 0.717) is 5.82 Å². The van der Waals surface area contributed by atoms with E-state index in [4.69, 9.17) is 5.73 Å². The van der Waals surface area contributed by atoms with Crippen molar-refractivity contribution in [1.29, 1.82) is 0 Å². The predicted octanol–water partition coefficient (Wildman–Crippen LogP) is 0.433. The van der Waals surface area contributed by atoms with E-state index in [0.717, 1.165) is 5.69 Å². The molecule has 1 aromatic rings. The number of amides is 1.